The molecule has 0 unspecified atom stereocenters. The lowest BCUT2D eigenvalue weighted by Gasteiger charge is -2.32. The molecule has 2 aromatic carbocycles. The van der Waals surface area contributed by atoms with Crippen LogP contribution in [0.4, 0.5) is 0 Å². The number of aliphatic hydroxyl groups excluding tert-OH is 3. The largest absolute Gasteiger partial charge is 0.508 e. The molecule has 49 heavy (non-hydrogen) atoms. The van der Waals surface area contributed by atoms with Crippen molar-refractivity contribution in [1.82, 2.24) is 4.90 Å². The van der Waals surface area contributed by atoms with Gasteiger partial charge in [0.25, 0.3) is 0 Å². The van der Waals surface area contributed by atoms with E-state index < -0.39 is 36.6 Å². The molecule has 6 rings (SSSR count). The summed E-state index contributed by atoms with van der Waals surface area (Å²) in [7, 11) is 0. The number of fused-ring (bicyclic) bond motifs is 5. The van der Waals surface area contributed by atoms with Gasteiger partial charge in [-0.25, -0.2) is 0 Å². The van der Waals surface area contributed by atoms with Crippen LogP contribution in [0.2, 0.25) is 0 Å². The zero-order chi connectivity index (χ0) is 34.7. The summed E-state index contributed by atoms with van der Waals surface area (Å²) in [6, 6.07) is 8.59. The molecule has 4 aliphatic heterocycles. The molecule has 11 nitrogen and oxygen atoms in total. The van der Waals surface area contributed by atoms with E-state index in [4.69, 9.17) is 25.9 Å². The third-order valence-electron chi connectivity index (χ3n) is 9.21. The number of Topliss-reactive ketones (excluding diaryl/α,β-unsaturated/α-hetero) is 1. The zero-order valence-electron chi connectivity index (χ0n) is 27.4. The molecule has 0 saturated heterocycles. The number of aryl methyl sites for hydroxylation is 1. The number of aromatic hydroxyl groups is 1. The van der Waals surface area contributed by atoms with Crippen LogP contribution in [0.3, 0.4) is 0 Å². The van der Waals surface area contributed by atoms with Crippen LogP contribution in [0.1, 0.15) is 80.0 Å². The summed E-state index contributed by atoms with van der Waals surface area (Å²) in [5.41, 5.74) is 17.5. The van der Waals surface area contributed by atoms with Crippen molar-refractivity contribution in [2.24, 2.45) is 22.4 Å². The number of carbonyl (C=O) groups excluding carboxylic acids is 1. The topological polar surface area (TPSA) is 184 Å². The Morgan fingerprint density at radius 3 is 2.78 bits per heavy atom. The minimum atomic E-state index is -1.10. The van der Waals surface area contributed by atoms with E-state index in [0.29, 0.717) is 36.3 Å². The summed E-state index contributed by atoms with van der Waals surface area (Å²) in [5.74, 6) is 9.06. The number of nitrogens with zero attached hydrogens (tertiary/aromatic N) is 2. The first-order chi connectivity index (χ1) is 23.6. The molecule has 2 aromatic rings. The van der Waals surface area contributed by atoms with Crippen LogP contribution in [0, 0.1) is 29.8 Å². The van der Waals surface area contributed by atoms with Gasteiger partial charge in [-0.2, -0.15) is 0 Å². The van der Waals surface area contributed by atoms with E-state index in [1.807, 2.05) is 36.4 Å². The Bertz CT molecular complexity index is 1830. The molecule has 0 aromatic heterocycles. The molecule has 0 saturated carbocycles. The lowest BCUT2D eigenvalue weighted by atomic mass is 9.91. The summed E-state index contributed by atoms with van der Waals surface area (Å²) >= 11 is 0. The van der Waals surface area contributed by atoms with Gasteiger partial charge in [-0.05, 0) is 53.2 Å². The van der Waals surface area contributed by atoms with Gasteiger partial charge in [0.05, 0.1) is 36.5 Å². The van der Waals surface area contributed by atoms with Crippen LogP contribution in [0.15, 0.2) is 58.9 Å². The van der Waals surface area contributed by atoms with Crippen molar-refractivity contribution in [2.75, 3.05) is 6.54 Å². The second-order valence-corrected chi connectivity index (χ2v) is 13.0. The molecule has 11 heteroatoms. The summed E-state index contributed by atoms with van der Waals surface area (Å²) in [5, 5.41) is 42.4. The molecule has 4 heterocycles. The first-order valence-electron chi connectivity index (χ1n) is 16.7. The summed E-state index contributed by atoms with van der Waals surface area (Å²) in [6.45, 7) is 2.41. The van der Waals surface area contributed by atoms with E-state index in [-0.39, 0.29) is 49.4 Å². The fraction of sp³-hybridized carbons (Fsp3) is 0.421. The molecule has 0 aliphatic carbocycles. The van der Waals surface area contributed by atoms with Crippen LogP contribution < -0.4 is 20.9 Å². The van der Waals surface area contributed by atoms with Crippen LogP contribution in [0.25, 0.3) is 0 Å². The third kappa shape index (κ3) is 7.83. The number of ketones is 1. The highest BCUT2D eigenvalue weighted by Crippen LogP contribution is 2.39. The predicted octanol–water partition coefficient (Wildman–Crippen LogP) is 3.01. The SMILES string of the molecule is CCC[C@H](O)C[C@@H](O)CC(=O)CCc1cc2c(cc1O)OC#CC[C@H]1C#C[C@@H](O)c3ccc(C(N)N)cc3CC3=CN=C4CN(C=C34)[C@H]1O2. The molecule has 0 radical (unpaired) electrons. The van der Waals surface area contributed by atoms with Gasteiger partial charge in [0.1, 0.15) is 23.7 Å². The maximum Gasteiger partial charge on any atom is 0.187 e. The lowest BCUT2D eigenvalue weighted by molar-refractivity contribution is -0.121. The van der Waals surface area contributed by atoms with E-state index in [9.17, 15) is 25.2 Å². The monoisotopic (exact) mass is 666 g/mol. The Kier molecular flexibility index (Phi) is 10.4. The number of ether oxygens (including phenoxy) is 2. The fourth-order valence-electron chi connectivity index (χ4n) is 6.60. The first-order valence-corrected chi connectivity index (χ1v) is 16.7. The van der Waals surface area contributed by atoms with Gasteiger partial charge in [0, 0.05) is 49.7 Å². The summed E-state index contributed by atoms with van der Waals surface area (Å²) in [6.07, 6.45) is 5.01. The number of aliphatic hydroxyl groups is 3. The molecule has 256 valence electrons. The second kappa shape index (κ2) is 14.9. The van der Waals surface area contributed by atoms with Crippen molar-refractivity contribution < 1.29 is 34.7 Å². The third-order valence-corrected chi connectivity index (χ3v) is 9.21. The normalized spacial score (nSPS) is 21.7. The number of allylic oxidation sites excluding steroid dienone is 1. The summed E-state index contributed by atoms with van der Waals surface area (Å²) < 4.78 is 12.4. The van der Waals surface area contributed by atoms with Crippen LogP contribution >= 0.6 is 0 Å². The van der Waals surface area contributed by atoms with Crippen molar-refractivity contribution in [3.05, 3.63) is 76.1 Å². The number of hydrogen-bond donors (Lipinski definition) is 6. The highest BCUT2D eigenvalue weighted by Gasteiger charge is 2.36. The van der Waals surface area contributed by atoms with Gasteiger partial charge in [0.15, 0.2) is 17.7 Å². The molecule has 5 atom stereocenters. The average molecular weight is 667 g/mol. The summed E-state index contributed by atoms with van der Waals surface area (Å²) in [4.78, 5) is 19.4. The average Bonchev–Trinajstić information content (AvgIpc) is 3.66. The number of hydrogen-bond acceptors (Lipinski definition) is 11. The van der Waals surface area contributed by atoms with Crippen molar-refractivity contribution in [2.45, 2.75) is 89.0 Å². The quantitative estimate of drug-likeness (QED) is 0.163. The van der Waals surface area contributed by atoms with Gasteiger partial charge in [0.2, 0.25) is 0 Å². The van der Waals surface area contributed by atoms with Gasteiger partial charge >= 0.3 is 0 Å². The minimum Gasteiger partial charge on any atom is -0.508 e. The lowest BCUT2D eigenvalue weighted by Crippen LogP contribution is -2.41. The van der Waals surface area contributed by atoms with E-state index in [1.165, 1.54) is 6.07 Å². The van der Waals surface area contributed by atoms with Crippen LogP contribution in [-0.2, 0) is 17.6 Å². The Labute approximate surface area is 285 Å². The van der Waals surface area contributed by atoms with Gasteiger partial charge in [-0.15, -0.1) is 0 Å². The number of aliphatic imine (C=N–C) groups is 1. The minimum absolute atomic E-state index is 0.0763. The molecule has 8 N–H and O–H groups in total. The van der Waals surface area contributed by atoms with Gasteiger partial charge in [-0.1, -0.05) is 49.3 Å². The Morgan fingerprint density at radius 1 is 1.14 bits per heavy atom. The zero-order valence-corrected chi connectivity index (χ0v) is 27.4. The number of benzene rings is 2. The molecular formula is C38H42N4O7. The Hall–Kier alpha value is -4.62. The number of nitrogens with two attached hydrogens (primary N) is 2. The second-order valence-electron chi connectivity index (χ2n) is 13.0. The maximum atomic E-state index is 12.7. The standard InChI is InChI=1S/C38H42N4O7/c1-2-4-27(43)16-29(45)17-28(44)9-6-23-15-36-35(18-34(23)47)48-12-3-5-22-8-11-33(46)30-10-7-24(37(39)40)13-25(30)14-26-19-41-32-21-42(20-31(26)32)38(22)49-36/h7,10,13,15,18-20,22,27,29,33,37-38,43,45-47H,2,4-6,9,14,16-17,21,39-40H2,1H3/t22-,27-,29+,33+,38-/m0/s1. The van der Waals surface area contributed by atoms with E-state index in [0.717, 1.165) is 34.4 Å². The first kappa shape index (κ1) is 34.3. The Balaban J connectivity index is 1.28. The van der Waals surface area contributed by atoms with Crippen LogP contribution in [0.5, 0.6) is 17.2 Å². The van der Waals surface area contributed by atoms with Crippen molar-refractivity contribution in [3.8, 4) is 41.1 Å². The molecule has 0 fully saturated rings. The molecular weight excluding hydrogens is 624 g/mol. The van der Waals surface area contributed by atoms with Gasteiger partial charge in [-0.3, -0.25) is 9.79 Å². The number of phenolic OH excluding ortho intramolecular Hbond substituents is 1. The molecule has 2 bridgehead atoms. The number of carbonyl (C=O) groups is 1. The molecule has 4 aliphatic rings. The van der Waals surface area contributed by atoms with E-state index in [2.05, 4.69) is 23.9 Å². The molecule has 0 amide bonds. The highest BCUT2D eigenvalue weighted by atomic mass is 16.5. The van der Waals surface area contributed by atoms with Gasteiger partial charge < -0.3 is 46.3 Å². The van der Waals surface area contributed by atoms with Crippen molar-refractivity contribution in [3.63, 3.8) is 0 Å². The van der Waals surface area contributed by atoms with Crippen molar-refractivity contribution >= 4 is 11.5 Å². The fourth-order valence-corrected chi connectivity index (χ4v) is 6.60. The predicted molar refractivity (Wildman–Crippen MR) is 183 cm³/mol. The maximum absolute atomic E-state index is 12.7. The smallest absolute Gasteiger partial charge is 0.187 e. The Morgan fingerprint density at radius 2 is 1.98 bits per heavy atom. The van der Waals surface area contributed by atoms with E-state index >= 15 is 0 Å². The van der Waals surface area contributed by atoms with Crippen molar-refractivity contribution in [1.29, 1.82) is 0 Å². The number of rotatable bonds is 10. The number of phenols is 1. The highest BCUT2D eigenvalue weighted by molar-refractivity contribution is 6.09. The molecule has 0 spiro atoms. The van der Waals surface area contributed by atoms with Crippen LogP contribution in [-0.4, -0.2) is 61.8 Å². The van der Waals surface area contributed by atoms with E-state index in [1.54, 1.807) is 12.1 Å².